The number of aromatic nitrogens is 8. The number of benzene rings is 1. The Hall–Kier alpha value is -4.89. The zero-order valence-electron chi connectivity index (χ0n) is 37.8. The zero-order valence-corrected chi connectivity index (χ0v) is 37.8. The lowest BCUT2D eigenvalue weighted by Gasteiger charge is -2.38. The molecular formula is C44H65N11O10. The third kappa shape index (κ3) is 17.5. The van der Waals surface area contributed by atoms with Crippen LogP contribution in [0.5, 0.6) is 11.6 Å². The third-order valence-electron chi connectivity index (χ3n) is 10.8. The molecule has 1 aromatic carbocycles. The third-order valence-corrected chi connectivity index (χ3v) is 10.8. The van der Waals surface area contributed by atoms with E-state index in [9.17, 15) is 5.26 Å². The van der Waals surface area contributed by atoms with Crippen LogP contribution in [0.15, 0.2) is 43.1 Å². The molecule has 21 heteroatoms. The molecule has 0 unspecified atom stereocenters. The van der Waals surface area contributed by atoms with Gasteiger partial charge in [-0.3, -0.25) is 9.58 Å². The molecule has 2 fully saturated rings. The Morgan fingerprint density at radius 2 is 1.40 bits per heavy atom. The Bertz CT molecular complexity index is 1920. The van der Waals surface area contributed by atoms with Crippen LogP contribution in [-0.2, 0) is 44.4 Å². The monoisotopic (exact) mass is 907 g/mol. The molecule has 1 aliphatic carbocycles. The van der Waals surface area contributed by atoms with Gasteiger partial charge in [-0.05, 0) is 60.7 Å². The second-order valence-corrected chi connectivity index (χ2v) is 15.5. The predicted octanol–water partition coefficient (Wildman–Crippen LogP) is 3.74. The Morgan fingerprint density at radius 1 is 0.785 bits per heavy atom. The van der Waals surface area contributed by atoms with Crippen molar-refractivity contribution in [1.82, 2.24) is 44.9 Å². The molecule has 1 N–H and O–H groups in total. The van der Waals surface area contributed by atoms with Crippen molar-refractivity contribution in [2.75, 3.05) is 131 Å². The summed E-state index contributed by atoms with van der Waals surface area (Å²) in [7, 11) is 1.65. The maximum Gasteiger partial charge on any atom is 0.256 e. The molecule has 0 amide bonds. The fourth-order valence-corrected chi connectivity index (χ4v) is 7.39. The molecule has 1 saturated carbocycles. The van der Waals surface area contributed by atoms with Crippen molar-refractivity contribution in [3.63, 3.8) is 0 Å². The summed E-state index contributed by atoms with van der Waals surface area (Å²) in [5.74, 6) is 1.34. The first-order chi connectivity index (χ1) is 32.1. The van der Waals surface area contributed by atoms with Gasteiger partial charge in [-0.2, -0.15) is 5.26 Å². The van der Waals surface area contributed by atoms with Crippen LogP contribution < -0.4 is 14.8 Å². The van der Waals surface area contributed by atoms with E-state index < -0.39 is 0 Å². The normalized spacial score (nSPS) is 17.2. The molecule has 4 heterocycles. The molecule has 0 spiro atoms. The molecule has 4 aromatic rings. The van der Waals surface area contributed by atoms with Crippen LogP contribution >= 0.6 is 0 Å². The molecule has 21 nitrogen and oxygen atoms in total. The number of ether oxygens (including phenoxy) is 10. The average molecular weight is 908 g/mol. The van der Waals surface area contributed by atoms with E-state index in [1.54, 1.807) is 30.3 Å². The topological polar surface area (TPSA) is 219 Å². The summed E-state index contributed by atoms with van der Waals surface area (Å²) in [6.45, 7) is 13.0. The SMILES string of the molecule is COCCOCCOCCOCCOCCOCCOCCCOc1nn(C2CCC(N3CCOCC3)CC2)cc1Nc1ncc(-c2ccc(C#N)c(O[C@@H](C)Cn3cnnn3)c2)cn1. The summed E-state index contributed by atoms with van der Waals surface area (Å²) in [4.78, 5) is 11.8. The van der Waals surface area contributed by atoms with E-state index in [1.807, 2.05) is 29.9 Å². The number of anilines is 2. The van der Waals surface area contributed by atoms with Crippen molar-refractivity contribution >= 4 is 11.6 Å². The van der Waals surface area contributed by atoms with Gasteiger partial charge in [0.25, 0.3) is 5.88 Å². The number of nitriles is 1. The van der Waals surface area contributed by atoms with E-state index in [0.29, 0.717) is 140 Å². The lowest BCUT2D eigenvalue weighted by Crippen LogP contribution is -2.45. The van der Waals surface area contributed by atoms with Gasteiger partial charge in [0.2, 0.25) is 5.95 Å². The predicted molar refractivity (Wildman–Crippen MR) is 236 cm³/mol. The standard InChI is InChI=1S/C44H65N11O10/c1-35(32-54-34-48-51-52-54)65-42-28-36(4-5-37(42)29-45)38-30-46-44(47-31-38)49-41-33-55(40-8-6-39(7-9-40)53-10-14-58-15-11-53)50-43(41)64-13-3-12-57-18-19-60-22-23-62-26-27-63-25-24-61-21-20-59-17-16-56-2/h4-5,28,30-31,33-35,39-40H,3,6-27,32H2,1-2H3,(H,46,47,49)/t35-,39?,40?/m0/s1. The highest BCUT2D eigenvalue weighted by Crippen LogP contribution is 2.35. The van der Waals surface area contributed by atoms with Crippen molar-refractivity contribution in [3.8, 4) is 28.8 Å². The van der Waals surface area contributed by atoms with E-state index in [2.05, 4.69) is 41.8 Å². The summed E-state index contributed by atoms with van der Waals surface area (Å²) in [5.41, 5.74) is 2.67. The maximum absolute atomic E-state index is 9.75. The number of methoxy groups -OCH3 is 1. The fraction of sp³-hybridized carbons (Fsp3) is 0.659. The van der Waals surface area contributed by atoms with E-state index >= 15 is 0 Å². The van der Waals surface area contributed by atoms with Gasteiger partial charge in [-0.15, -0.1) is 10.2 Å². The molecule has 65 heavy (non-hydrogen) atoms. The number of nitrogens with zero attached hydrogens (tertiary/aromatic N) is 10. The highest BCUT2D eigenvalue weighted by molar-refractivity contribution is 5.67. The molecule has 3 aromatic heterocycles. The first kappa shape index (κ1) is 49.5. The Kier molecular flexibility index (Phi) is 22.0. The molecular weight excluding hydrogens is 843 g/mol. The molecule has 356 valence electrons. The summed E-state index contributed by atoms with van der Waals surface area (Å²) in [6, 6.07) is 8.44. The van der Waals surface area contributed by atoms with Crippen molar-refractivity contribution < 1.29 is 47.4 Å². The summed E-state index contributed by atoms with van der Waals surface area (Å²) < 4.78 is 59.8. The number of nitrogens with one attached hydrogen (secondary N) is 1. The van der Waals surface area contributed by atoms with E-state index in [4.69, 9.17) is 52.5 Å². The van der Waals surface area contributed by atoms with E-state index in [-0.39, 0.29) is 12.1 Å². The van der Waals surface area contributed by atoms with Crippen molar-refractivity contribution in [1.29, 1.82) is 5.26 Å². The summed E-state index contributed by atoms with van der Waals surface area (Å²) in [5, 5.41) is 29.3. The van der Waals surface area contributed by atoms with Crippen molar-refractivity contribution in [2.24, 2.45) is 0 Å². The number of tetrazole rings is 1. The minimum Gasteiger partial charge on any atom is -0.487 e. The van der Waals surface area contributed by atoms with E-state index in [0.717, 1.165) is 63.1 Å². The minimum atomic E-state index is -0.289. The largest absolute Gasteiger partial charge is 0.487 e. The lowest BCUT2D eigenvalue weighted by atomic mass is 9.90. The molecule has 1 saturated heterocycles. The van der Waals surface area contributed by atoms with E-state index in [1.165, 1.54) is 6.33 Å². The summed E-state index contributed by atoms with van der Waals surface area (Å²) in [6.07, 6.45) is 11.6. The van der Waals surface area contributed by atoms with Gasteiger partial charge >= 0.3 is 0 Å². The van der Waals surface area contributed by atoms with Gasteiger partial charge in [0.05, 0.1) is 123 Å². The van der Waals surface area contributed by atoms with Gasteiger partial charge < -0.3 is 52.7 Å². The van der Waals surface area contributed by atoms with Crippen LogP contribution in [0.2, 0.25) is 0 Å². The van der Waals surface area contributed by atoms with Crippen molar-refractivity contribution in [2.45, 2.75) is 63.8 Å². The molecule has 1 atom stereocenters. The van der Waals surface area contributed by atoms with Gasteiger partial charge in [0.15, 0.2) is 0 Å². The zero-order chi connectivity index (χ0) is 45.2. The van der Waals surface area contributed by atoms with Gasteiger partial charge in [-0.1, -0.05) is 6.07 Å². The number of rotatable bonds is 32. The van der Waals surface area contributed by atoms with Crippen LogP contribution in [0.3, 0.4) is 0 Å². The Balaban J connectivity index is 0.921. The van der Waals surface area contributed by atoms with Gasteiger partial charge in [0.1, 0.15) is 29.9 Å². The quantitative estimate of drug-likeness (QED) is 0.0690. The second kappa shape index (κ2) is 28.9. The first-order valence-electron chi connectivity index (χ1n) is 22.6. The first-order valence-corrected chi connectivity index (χ1v) is 22.6. The van der Waals surface area contributed by atoms with Crippen LogP contribution in [-0.4, -0.2) is 183 Å². The Labute approximate surface area is 380 Å². The number of hydrogen-bond acceptors (Lipinski definition) is 19. The van der Waals surface area contributed by atoms with Crippen molar-refractivity contribution in [3.05, 3.63) is 48.7 Å². The molecule has 6 rings (SSSR count). The fourth-order valence-electron chi connectivity index (χ4n) is 7.39. The Morgan fingerprint density at radius 3 is 2.00 bits per heavy atom. The van der Waals surface area contributed by atoms with Crippen LogP contribution in [0.25, 0.3) is 11.1 Å². The molecule has 1 aliphatic heterocycles. The molecule has 0 radical (unpaired) electrons. The molecule has 2 aliphatic rings. The second-order valence-electron chi connectivity index (χ2n) is 15.5. The van der Waals surface area contributed by atoms with Gasteiger partial charge in [0, 0.05) is 57.2 Å². The highest BCUT2D eigenvalue weighted by atomic mass is 16.6. The van der Waals surface area contributed by atoms with Crippen LogP contribution in [0.1, 0.15) is 50.6 Å². The number of hydrogen-bond donors (Lipinski definition) is 1. The van der Waals surface area contributed by atoms with Gasteiger partial charge in [-0.25, -0.2) is 14.6 Å². The maximum atomic E-state index is 9.75. The average Bonchev–Trinajstić information content (AvgIpc) is 4.01. The summed E-state index contributed by atoms with van der Waals surface area (Å²) >= 11 is 0. The van der Waals surface area contributed by atoms with Crippen LogP contribution in [0, 0.1) is 11.3 Å². The highest BCUT2D eigenvalue weighted by Gasteiger charge is 2.29. The lowest BCUT2D eigenvalue weighted by molar-refractivity contribution is -0.0193. The van der Waals surface area contributed by atoms with Crippen LogP contribution in [0.4, 0.5) is 11.6 Å². The number of morpholine rings is 1. The molecule has 0 bridgehead atoms. The minimum absolute atomic E-state index is 0.256. The smallest absolute Gasteiger partial charge is 0.256 e.